The molecule has 0 spiro atoms. The zero-order valence-electron chi connectivity index (χ0n) is 48.4. The maximum absolute atomic E-state index is 12.8. The molecule has 0 heterocycles. The van der Waals surface area contributed by atoms with E-state index in [0.717, 1.165) is 173 Å². The summed E-state index contributed by atoms with van der Waals surface area (Å²) in [5.41, 5.74) is 0. The van der Waals surface area contributed by atoms with Crippen LogP contribution in [0.4, 0.5) is 0 Å². The van der Waals surface area contributed by atoms with Crippen molar-refractivity contribution in [1.29, 1.82) is 0 Å². The van der Waals surface area contributed by atoms with Crippen molar-refractivity contribution in [3.05, 3.63) is 170 Å². The molecule has 0 rings (SSSR count). The summed E-state index contributed by atoms with van der Waals surface area (Å²) in [6.45, 7) is 6.27. The van der Waals surface area contributed by atoms with Gasteiger partial charge in [0.1, 0.15) is 13.2 Å². The molecule has 0 radical (unpaired) electrons. The first kappa shape index (κ1) is 70.8. The quantitative estimate of drug-likeness (QED) is 0.0261. The van der Waals surface area contributed by atoms with Gasteiger partial charge in [-0.15, -0.1) is 0 Å². The van der Waals surface area contributed by atoms with Gasteiger partial charge >= 0.3 is 17.9 Å². The van der Waals surface area contributed by atoms with Crippen LogP contribution in [0.2, 0.25) is 0 Å². The Morgan fingerprint density at radius 2 is 0.513 bits per heavy atom. The predicted octanol–water partition coefficient (Wildman–Crippen LogP) is 20.7. The third kappa shape index (κ3) is 59.6. The predicted molar refractivity (Wildman–Crippen MR) is 329 cm³/mol. The average molecular weight is 1050 g/mol. The topological polar surface area (TPSA) is 78.9 Å². The number of ether oxygens (including phenoxy) is 3. The van der Waals surface area contributed by atoms with E-state index in [1.54, 1.807) is 0 Å². The van der Waals surface area contributed by atoms with E-state index >= 15 is 0 Å². The normalized spacial score (nSPS) is 13.4. The maximum atomic E-state index is 12.8. The first-order valence-electron chi connectivity index (χ1n) is 30.1. The molecule has 0 saturated heterocycles. The van der Waals surface area contributed by atoms with Gasteiger partial charge in [0.05, 0.1) is 0 Å². The Morgan fingerprint density at radius 1 is 0.276 bits per heavy atom. The molecule has 0 aromatic heterocycles. The standard InChI is InChI=1S/C70H108O6/c1-4-7-10-13-16-19-22-24-26-27-28-29-30-31-32-33-34-35-36-37-38-39-40-41-42-43-45-46-48-51-54-57-60-63-69(72)75-66-67(65-74-68(71)62-59-56-53-50-21-18-15-12-9-6-3)76-70(73)64-61-58-55-52-49-47-44-25-23-20-17-14-11-8-5-2/h7-8,10-12,15-17,19-20,24-26,28-29,31-32,34-35,37-38,40-41,43-45,49,52,67H,4-6,9,13-14,18,21-23,27,30,33,36,39,42,46-48,50-51,53-66H2,1-3H3/b10-7-,11-8-,15-12-,19-16-,20-17-,26-24-,29-28-,32-31-,35-34-,38-37-,41-40-,44-25-,45-43-,52-49-. The van der Waals surface area contributed by atoms with Gasteiger partial charge in [-0.1, -0.05) is 236 Å². The molecule has 0 aromatic rings. The van der Waals surface area contributed by atoms with Gasteiger partial charge in [-0.3, -0.25) is 14.4 Å². The molecule has 424 valence electrons. The number of rotatable bonds is 52. The first-order valence-corrected chi connectivity index (χ1v) is 30.1. The lowest BCUT2D eigenvalue weighted by Gasteiger charge is -2.18. The Labute approximate surface area is 466 Å². The van der Waals surface area contributed by atoms with Gasteiger partial charge in [0.25, 0.3) is 0 Å². The lowest BCUT2D eigenvalue weighted by molar-refractivity contribution is -0.167. The summed E-state index contributed by atoms with van der Waals surface area (Å²) >= 11 is 0. The minimum atomic E-state index is -0.819. The van der Waals surface area contributed by atoms with E-state index < -0.39 is 6.10 Å². The van der Waals surface area contributed by atoms with E-state index in [-0.39, 0.29) is 37.5 Å². The lowest BCUT2D eigenvalue weighted by atomic mass is 10.1. The summed E-state index contributed by atoms with van der Waals surface area (Å²) in [6, 6.07) is 0. The molecule has 1 unspecified atom stereocenters. The molecule has 0 aliphatic carbocycles. The van der Waals surface area contributed by atoms with Crippen LogP contribution < -0.4 is 0 Å². The van der Waals surface area contributed by atoms with E-state index in [9.17, 15) is 14.4 Å². The number of hydrogen-bond donors (Lipinski definition) is 0. The zero-order valence-corrected chi connectivity index (χ0v) is 48.4. The van der Waals surface area contributed by atoms with E-state index in [1.165, 1.54) is 12.8 Å². The minimum absolute atomic E-state index is 0.113. The van der Waals surface area contributed by atoms with E-state index in [1.807, 2.05) is 0 Å². The number of allylic oxidation sites excluding steroid dienone is 28. The molecule has 0 aromatic carbocycles. The van der Waals surface area contributed by atoms with E-state index in [2.05, 4.69) is 191 Å². The Kier molecular flexibility index (Phi) is 58.0. The third-order valence-corrected chi connectivity index (χ3v) is 11.9. The second-order valence-corrected chi connectivity index (χ2v) is 19.1. The van der Waals surface area contributed by atoms with Gasteiger partial charge in [0.15, 0.2) is 6.10 Å². The molecule has 6 nitrogen and oxygen atoms in total. The fraction of sp³-hybridized carbons (Fsp3) is 0.557. The maximum Gasteiger partial charge on any atom is 0.306 e. The summed E-state index contributed by atoms with van der Waals surface area (Å²) in [5.74, 6) is -0.996. The Morgan fingerprint density at radius 3 is 0.842 bits per heavy atom. The van der Waals surface area contributed by atoms with Crippen LogP contribution in [0.1, 0.15) is 233 Å². The molecule has 6 heteroatoms. The number of esters is 3. The highest BCUT2D eigenvalue weighted by molar-refractivity contribution is 5.71. The van der Waals surface area contributed by atoms with Crippen LogP contribution in [0.3, 0.4) is 0 Å². The first-order chi connectivity index (χ1) is 37.5. The smallest absolute Gasteiger partial charge is 0.306 e. The highest BCUT2D eigenvalue weighted by atomic mass is 16.6. The highest BCUT2D eigenvalue weighted by Gasteiger charge is 2.19. The van der Waals surface area contributed by atoms with Crippen LogP contribution in [-0.4, -0.2) is 37.2 Å². The summed E-state index contributed by atoms with van der Waals surface area (Å²) < 4.78 is 16.8. The Bertz CT molecular complexity index is 1770. The van der Waals surface area contributed by atoms with Crippen molar-refractivity contribution >= 4 is 17.9 Å². The molecule has 1 atom stereocenters. The number of hydrogen-bond acceptors (Lipinski definition) is 6. The van der Waals surface area contributed by atoms with Crippen LogP contribution in [0.5, 0.6) is 0 Å². The molecule has 0 aliphatic rings. The molecule has 0 N–H and O–H groups in total. The summed E-state index contributed by atoms with van der Waals surface area (Å²) in [4.78, 5) is 38.1. The van der Waals surface area contributed by atoms with Crippen LogP contribution in [-0.2, 0) is 28.6 Å². The van der Waals surface area contributed by atoms with Gasteiger partial charge in [0, 0.05) is 19.3 Å². The SMILES string of the molecule is CC/C=C\C/C=C\C/C=C\C/C=C\C/C=C\C/C=C\C/C=C\C/C=C\C/C=C\CCCCCCCC(=O)OCC(COC(=O)CCCCCCC/C=C\CCC)OC(=O)CCCC/C=C\C/C=C\C/C=C\C/C=C\CC. The summed E-state index contributed by atoms with van der Waals surface area (Å²) in [6.07, 6.45) is 92.2. The Balaban J connectivity index is 4.33. The second kappa shape index (κ2) is 62.3. The van der Waals surface area contributed by atoms with Gasteiger partial charge in [-0.05, 0) is 148 Å². The molecule has 0 amide bonds. The van der Waals surface area contributed by atoms with Crippen LogP contribution in [0, 0.1) is 0 Å². The van der Waals surface area contributed by atoms with Gasteiger partial charge in [0.2, 0.25) is 0 Å². The van der Waals surface area contributed by atoms with Crippen molar-refractivity contribution in [2.75, 3.05) is 13.2 Å². The minimum Gasteiger partial charge on any atom is -0.462 e. The van der Waals surface area contributed by atoms with Crippen LogP contribution in [0.25, 0.3) is 0 Å². The van der Waals surface area contributed by atoms with Crippen molar-refractivity contribution < 1.29 is 28.6 Å². The number of unbranched alkanes of at least 4 members (excludes halogenated alkanes) is 13. The molecule has 0 saturated carbocycles. The van der Waals surface area contributed by atoms with Crippen molar-refractivity contribution in [3.63, 3.8) is 0 Å². The zero-order chi connectivity index (χ0) is 55.0. The molecule has 76 heavy (non-hydrogen) atoms. The largest absolute Gasteiger partial charge is 0.462 e. The fourth-order valence-corrected chi connectivity index (χ4v) is 7.48. The van der Waals surface area contributed by atoms with Crippen LogP contribution >= 0.6 is 0 Å². The lowest BCUT2D eigenvalue weighted by Crippen LogP contribution is -2.30. The van der Waals surface area contributed by atoms with Crippen molar-refractivity contribution in [1.82, 2.24) is 0 Å². The van der Waals surface area contributed by atoms with Crippen molar-refractivity contribution in [2.24, 2.45) is 0 Å². The molecular weight excluding hydrogens is 937 g/mol. The van der Waals surface area contributed by atoms with Crippen LogP contribution in [0.15, 0.2) is 170 Å². The highest BCUT2D eigenvalue weighted by Crippen LogP contribution is 2.12. The van der Waals surface area contributed by atoms with Crippen molar-refractivity contribution in [3.8, 4) is 0 Å². The molecule has 0 bridgehead atoms. The molecule has 0 aliphatic heterocycles. The van der Waals surface area contributed by atoms with Gasteiger partial charge < -0.3 is 14.2 Å². The Hall–Kier alpha value is -5.23. The number of carbonyl (C=O) groups excluding carboxylic acids is 3. The summed E-state index contributed by atoms with van der Waals surface area (Å²) in [7, 11) is 0. The molecule has 0 fully saturated rings. The number of carbonyl (C=O) groups is 3. The average Bonchev–Trinajstić information content (AvgIpc) is 3.42. The van der Waals surface area contributed by atoms with Crippen molar-refractivity contribution in [2.45, 2.75) is 239 Å². The van der Waals surface area contributed by atoms with E-state index in [4.69, 9.17) is 14.2 Å². The fourth-order valence-electron chi connectivity index (χ4n) is 7.48. The third-order valence-electron chi connectivity index (χ3n) is 11.9. The van der Waals surface area contributed by atoms with Gasteiger partial charge in [-0.25, -0.2) is 0 Å². The monoisotopic (exact) mass is 1040 g/mol. The van der Waals surface area contributed by atoms with Gasteiger partial charge in [-0.2, -0.15) is 0 Å². The summed E-state index contributed by atoms with van der Waals surface area (Å²) in [5, 5.41) is 0. The molecular formula is C70H108O6. The second-order valence-electron chi connectivity index (χ2n) is 19.1. The van der Waals surface area contributed by atoms with E-state index in [0.29, 0.717) is 19.3 Å².